The van der Waals surface area contributed by atoms with Gasteiger partial charge in [-0.05, 0) is 78.9 Å². The number of hydrogen-bond acceptors (Lipinski definition) is 12. The molecule has 1 fully saturated rings. The fraction of sp³-hybridized carbons (Fsp3) is 0.306. The van der Waals surface area contributed by atoms with E-state index >= 15 is 0 Å². The standard InChI is InChI=1S/C36H36ClF3N8O7/c1-53-26-5-3-4-21(18-26)19-42-30(51)29(50)41-17-14-27(31(52)54-2)44-28(49)22-6-12-25(13-7-22)43-32-45-33(47-34(46-32)55-20-36(38,39)40)48-35(15-16-35)23-8-10-24(37)11-9-23/h3-13,18,27H,14-17,19-20H2,1-2H3,(H,41,50)(H,42,51)(H,44,49)(H2,43,45,46,47,48)/t27-/m0/s1. The molecule has 5 rings (SSSR count). The summed E-state index contributed by atoms with van der Waals surface area (Å²) in [6, 6.07) is 18.1. The van der Waals surface area contributed by atoms with E-state index in [4.69, 9.17) is 25.8 Å². The van der Waals surface area contributed by atoms with Gasteiger partial charge < -0.3 is 40.8 Å². The predicted octanol–water partition coefficient (Wildman–Crippen LogP) is 4.41. The van der Waals surface area contributed by atoms with Gasteiger partial charge in [0, 0.05) is 29.4 Å². The van der Waals surface area contributed by atoms with Crippen molar-refractivity contribution in [2.75, 3.05) is 38.0 Å². The molecule has 1 aromatic heterocycles. The molecule has 290 valence electrons. The van der Waals surface area contributed by atoms with Gasteiger partial charge in [0.1, 0.15) is 11.8 Å². The van der Waals surface area contributed by atoms with Crippen LogP contribution in [0.5, 0.6) is 11.8 Å². The Kier molecular flexibility index (Phi) is 12.9. The van der Waals surface area contributed by atoms with E-state index in [0.717, 1.165) is 12.7 Å². The highest BCUT2D eigenvalue weighted by Gasteiger charge is 2.45. The largest absolute Gasteiger partial charge is 0.497 e. The molecule has 1 heterocycles. The van der Waals surface area contributed by atoms with E-state index in [1.165, 1.54) is 31.4 Å². The molecule has 4 aromatic rings. The molecular formula is C36H36ClF3N8O7. The maximum Gasteiger partial charge on any atom is 0.422 e. The van der Waals surface area contributed by atoms with Crippen molar-refractivity contribution in [1.29, 1.82) is 0 Å². The molecule has 5 N–H and O–H groups in total. The van der Waals surface area contributed by atoms with Gasteiger partial charge in [-0.25, -0.2) is 4.79 Å². The molecule has 0 saturated heterocycles. The monoisotopic (exact) mass is 784 g/mol. The van der Waals surface area contributed by atoms with Crippen molar-refractivity contribution >= 4 is 52.9 Å². The average molecular weight is 785 g/mol. The average Bonchev–Trinajstić information content (AvgIpc) is 3.95. The third kappa shape index (κ3) is 11.7. The zero-order chi connectivity index (χ0) is 39.6. The molecule has 0 bridgehead atoms. The molecule has 1 atom stereocenters. The van der Waals surface area contributed by atoms with Gasteiger partial charge in [0.05, 0.1) is 19.8 Å². The fourth-order valence-corrected chi connectivity index (χ4v) is 5.32. The summed E-state index contributed by atoms with van der Waals surface area (Å²) in [4.78, 5) is 62.5. The van der Waals surface area contributed by atoms with Gasteiger partial charge >= 0.3 is 30.0 Å². The van der Waals surface area contributed by atoms with Crippen LogP contribution in [-0.2, 0) is 31.2 Å². The molecule has 3 aromatic carbocycles. The number of aromatic nitrogens is 3. The van der Waals surface area contributed by atoms with Crippen LogP contribution < -0.4 is 36.1 Å². The Bertz CT molecular complexity index is 2000. The van der Waals surface area contributed by atoms with Gasteiger partial charge in [-0.3, -0.25) is 14.4 Å². The van der Waals surface area contributed by atoms with E-state index in [1.54, 1.807) is 36.4 Å². The van der Waals surface area contributed by atoms with Crippen molar-refractivity contribution in [2.45, 2.75) is 43.6 Å². The molecular weight excluding hydrogens is 749 g/mol. The van der Waals surface area contributed by atoms with Crippen LogP contribution in [0.1, 0.15) is 40.7 Å². The molecule has 1 saturated carbocycles. The molecule has 1 aliphatic rings. The Hall–Kier alpha value is -6.17. The first kappa shape index (κ1) is 40.0. The van der Waals surface area contributed by atoms with E-state index in [9.17, 15) is 32.3 Å². The number of nitrogens with one attached hydrogen (secondary N) is 5. The van der Waals surface area contributed by atoms with Crippen LogP contribution in [0.4, 0.5) is 30.8 Å². The summed E-state index contributed by atoms with van der Waals surface area (Å²) >= 11 is 6.03. The minimum atomic E-state index is -4.64. The zero-order valence-corrected chi connectivity index (χ0v) is 30.2. The van der Waals surface area contributed by atoms with Crippen molar-refractivity contribution in [2.24, 2.45) is 0 Å². The second-order valence-electron chi connectivity index (χ2n) is 12.2. The predicted molar refractivity (Wildman–Crippen MR) is 193 cm³/mol. The minimum absolute atomic E-state index is 0.0305. The SMILES string of the molecule is COC(=O)[C@H](CCNC(=O)C(=O)NCc1cccc(OC)c1)NC(=O)c1ccc(Nc2nc(NC3(c4ccc(Cl)cc4)CC3)nc(OCC(F)(F)F)n2)cc1. The number of carbonyl (C=O) groups excluding carboxylic acids is 4. The summed E-state index contributed by atoms with van der Waals surface area (Å²) in [5.74, 6) is -2.85. The smallest absolute Gasteiger partial charge is 0.422 e. The highest BCUT2D eigenvalue weighted by Crippen LogP contribution is 2.48. The Morgan fingerprint density at radius 1 is 0.891 bits per heavy atom. The second-order valence-corrected chi connectivity index (χ2v) is 12.6. The maximum atomic E-state index is 13.1. The molecule has 0 radical (unpaired) electrons. The molecule has 15 nitrogen and oxygen atoms in total. The van der Waals surface area contributed by atoms with Crippen molar-refractivity contribution in [1.82, 2.24) is 30.9 Å². The van der Waals surface area contributed by atoms with Crippen LogP contribution in [0.25, 0.3) is 0 Å². The molecule has 19 heteroatoms. The van der Waals surface area contributed by atoms with Gasteiger partial charge in [-0.1, -0.05) is 35.9 Å². The molecule has 0 aliphatic heterocycles. The van der Waals surface area contributed by atoms with Gasteiger partial charge in [0.15, 0.2) is 6.61 Å². The topological polar surface area (TPSA) is 195 Å². The summed E-state index contributed by atoms with van der Waals surface area (Å²) in [6.07, 6.45) is -3.32. The number of hydrogen-bond donors (Lipinski definition) is 5. The molecule has 3 amide bonds. The minimum Gasteiger partial charge on any atom is -0.497 e. The van der Waals surface area contributed by atoms with Crippen LogP contribution in [0.3, 0.4) is 0 Å². The first-order valence-corrected chi connectivity index (χ1v) is 17.1. The Labute approximate surface area is 317 Å². The van der Waals surface area contributed by atoms with Crippen LogP contribution in [0.15, 0.2) is 72.8 Å². The van der Waals surface area contributed by atoms with E-state index in [2.05, 4.69) is 41.5 Å². The summed E-state index contributed by atoms with van der Waals surface area (Å²) in [5.41, 5.74) is 1.53. The van der Waals surface area contributed by atoms with Crippen molar-refractivity contribution in [3.8, 4) is 11.8 Å². The Morgan fingerprint density at radius 2 is 1.58 bits per heavy atom. The number of halogens is 4. The Balaban J connectivity index is 1.18. The van der Waals surface area contributed by atoms with E-state index in [-0.39, 0.29) is 37.0 Å². The van der Waals surface area contributed by atoms with E-state index in [0.29, 0.717) is 34.9 Å². The molecule has 0 unspecified atom stereocenters. The highest BCUT2D eigenvalue weighted by molar-refractivity contribution is 6.35. The summed E-state index contributed by atoms with van der Waals surface area (Å²) in [5, 5.41) is 14.1. The summed E-state index contributed by atoms with van der Waals surface area (Å²) < 4.78 is 53.6. The number of methoxy groups -OCH3 is 2. The van der Waals surface area contributed by atoms with Gasteiger partial charge in [0.25, 0.3) is 5.91 Å². The number of anilines is 3. The van der Waals surface area contributed by atoms with Crippen molar-refractivity contribution in [3.05, 3.63) is 94.5 Å². The zero-order valence-electron chi connectivity index (χ0n) is 29.5. The van der Waals surface area contributed by atoms with Crippen LogP contribution in [0, 0.1) is 0 Å². The quantitative estimate of drug-likeness (QED) is 0.0795. The molecule has 1 aliphatic carbocycles. The van der Waals surface area contributed by atoms with Gasteiger partial charge in [-0.15, -0.1) is 0 Å². The number of carbonyl (C=O) groups is 4. The normalized spacial score (nSPS) is 13.4. The lowest BCUT2D eigenvalue weighted by Crippen LogP contribution is -2.45. The van der Waals surface area contributed by atoms with Crippen molar-refractivity contribution < 1.29 is 46.6 Å². The summed E-state index contributed by atoms with van der Waals surface area (Å²) in [7, 11) is 2.64. The lowest BCUT2D eigenvalue weighted by atomic mass is 10.1. The number of nitrogens with zero attached hydrogens (tertiary/aromatic N) is 3. The third-order valence-electron chi connectivity index (χ3n) is 8.18. The number of benzene rings is 3. The van der Waals surface area contributed by atoms with E-state index < -0.39 is 54.1 Å². The number of esters is 1. The van der Waals surface area contributed by atoms with Gasteiger partial charge in [0.2, 0.25) is 11.9 Å². The fourth-order valence-electron chi connectivity index (χ4n) is 5.20. The molecule has 55 heavy (non-hydrogen) atoms. The van der Waals surface area contributed by atoms with Crippen LogP contribution >= 0.6 is 11.6 Å². The second kappa shape index (κ2) is 17.8. The first-order chi connectivity index (χ1) is 26.3. The first-order valence-electron chi connectivity index (χ1n) is 16.7. The number of rotatable bonds is 16. The van der Waals surface area contributed by atoms with Crippen LogP contribution in [0.2, 0.25) is 5.02 Å². The van der Waals surface area contributed by atoms with Gasteiger partial charge in [-0.2, -0.15) is 28.1 Å². The lowest BCUT2D eigenvalue weighted by molar-refractivity contribution is -0.154. The number of alkyl halides is 3. The number of ether oxygens (including phenoxy) is 3. The maximum absolute atomic E-state index is 13.1. The lowest BCUT2D eigenvalue weighted by Gasteiger charge is -2.19. The van der Waals surface area contributed by atoms with E-state index in [1.807, 2.05) is 12.1 Å². The van der Waals surface area contributed by atoms with Crippen LogP contribution in [-0.4, -0.2) is 78.2 Å². The number of amides is 3. The highest BCUT2D eigenvalue weighted by atomic mass is 35.5. The van der Waals surface area contributed by atoms with Crippen molar-refractivity contribution in [3.63, 3.8) is 0 Å². The third-order valence-corrected chi connectivity index (χ3v) is 8.44. The summed E-state index contributed by atoms with van der Waals surface area (Å²) in [6.45, 7) is -1.69. The Morgan fingerprint density at radius 3 is 2.24 bits per heavy atom. The molecule has 0 spiro atoms.